The summed E-state index contributed by atoms with van der Waals surface area (Å²) in [5.74, 6) is -0.271. The molecule has 2 aromatic heterocycles. The first-order valence-electron chi connectivity index (χ1n) is 6.35. The molecule has 0 saturated heterocycles. The molecule has 0 bridgehead atoms. The van der Waals surface area contributed by atoms with E-state index in [2.05, 4.69) is 36.4 Å². The summed E-state index contributed by atoms with van der Waals surface area (Å²) < 4.78 is 13.8. The fraction of sp³-hybridized carbons (Fsp3) is 0.0667. The van der Waals surface area contributed by atoms with Crippen molar-refractivity contribution in [3.05, 3.63) is 64.8 Å². The maximum Gasteiger partial charge on any atom is 0.124 e. The highest BCUT2D eigenvalue weighted by atomic mass is 79.9. The van der Waals surface area contributed by atoms with Gasteiger partial charge in [0, 0.05) is 40.2 Å². The van der Waals surface area contributed by atoms with E-state index in [1.807, 2.05) is 12.1 Å². The van der Waals surface area contributed by atoms with E-state index < -0.39 is 0 Å². The number of pyridine rings is 1. The monoisotopic (exact) mass is 346 g/mol. The predicted molar refractivity (Wildman–Crippen MR) is 83.2 cm³/mol. The molecule has 3 aromatic rings. The van der Waals surface area contributed by atoms with E-state index in [9.17, 15) is 4.39 Å². The lowest BCUT2D eigenvalue weighted by atomic mass is 10.1. The van der Waals surface area contributed by atoms with Gasteiger partial charge in [-0.3, -0.25) is 10.1 Å². The molecule has 0 aliphatic heterocycles. The summed E-state index contributed by atoms with van der Waals surface area (Å²) >= 11 is 3.34. The Morgan fingerprint density at radius 3 is 2.90 bits per heavy atom. The largest absolute Gasteiger partial charge is 0.380 e. The standard InChI is InChI=1S/C15H12BrFN4/c16-13-6-12(17)3-4-14(13)19-8-11-9-20-21-15(11)10-2-1-5-18-7-10/h1-7,9,19H,8H2,(H,20,21). The van der Waals surface area contributed by atoms with E-state index >= 15 is 0 Å². The number of nitrogens with zero attached hydrogens (tertiary/aromatic N) is 2. The van der Waals surface area contributed by atoms with Crippen molar-refractivity contribution in [2.45, 2.75) is 6.54 Å². The van der Waals surface area contributed by atoms with Crippen molar-refractivity contribution < 1.29 is 4.39 Å². The van der Waals surface area contributed by atoms with E-state index in [0.717, 1.165) is 22.5 Å². The van der Waals surface area contributed by atoms with Gasteiger partial charge in [0.15, 0.2) is 0 Å². The van der Waals surface area contributed by atoms with Crippen molar-refractivity contribution in [1.82, 2.24) is 15.2 Å². The molecular formula is C15H12BrFN4. The van der Waals surface area contributed by atoms with E-state index in [-0.39, 0.29) is 5.82 Å². The van der Waals surface area contributed by atoms with Crippen LogP contribution in [0.5, 0.6) is 0 Å². The first-order chi connectivity index (χ1) is 10.2. The molecule has 0 aliphatic carbocycles. The molecule has 0 radical (unpaired) electrons. The molecule has 106 valence electrons. The van der Waals surface area contributed by atoms with E-state index in [4.69, 9.17) is 0 Å². The van der Waals surface area contributed by atoms with Crippen LogP contribution in [0.2, 0.25) is 0 Å². The summed E-state index contributed by atoms with van der Waals surface area (Å²) in [6.07, 6.45) is 5.28. The van der Waals surface area contributed by atoms with Crippen LogP contribution in [0.25, 0.3) is 11.3 Å². The maximum absolute atomic E-state index is 13.1. The van der Waals surface area contributed by atoms with Gasteiger partial charge in [-0.1, -0.05) is 0 Å². The lowest BCUT2D eigenvalue weighted by Crippen LogP contribution is -2.01. The van der Waals surface area contributed by atoms with Crippen LogP contribution >= 0.6 is 15.9 Å². The van der Waals surface area contributed by atoms with Crippen LogP contribution in [0.1, 0.15) is 5.56 Å². The summed E-state index contributed by atoms with van der Waals surface area (Å²) in [6, 6.07) is 8.40. The molecule has 2 N–H and O–H groups in total. The number of aromatic amines is 1. The Bertz CT molecular complexity index is 742. The summed E-state index contributed by atoms with van der Waals surface area (Å²) in [5, 5.41) is 10.3. The number of halogens is 2. The van der Waals surface area contributed by atoms with Crippen LogP contribution in [-0.2, 0) is 6.54 Å². The molecule has 3 rings (SSSR count). The minimum absolute atomic E-state index is 0.271. The number of H-pyrrole nitrogens is 1. The predicted octanol–water partition coefficient (Wildman–Crippen LogP) is 3.99. The van der Waals surface area contributed by atoms with Crippen molar-refractivity contribution in [3.8, 4) is 11.3 Å². The molecule has 0 fully saturated rings. The molecule has 2 heterocycles. The summed E-state index contributed by atoms with van der Waals surface area (Å²) in [4.78, 5) is 4.11. The molecule has 0 saturated carbocycles. The second-order valence-corrected chi connectivity index (χ2v) is 5.34. The van der Waals surface area contributed by atoms with Gasteiger partial charge in [-0.2, -0.15) is 5.10 Å². The average Bonchev–Trinajstić information content (AvgIpc) is 2.96. The fourth-order valence-electron chi connectivity index (χ4n) is 2.03. The van der Waals surface area contributed by atoms with Crippen LogP contribution in [0.15, 0.2) is 53.4 Å². The molecule has 0 amide bonds. The fourth-order valence-corrected chi connectivity index (χ4v) is 2.52. The van der Waals surface area contributed by atoms with Gasteiger partial charge in [0.25, 0.3) is 0 Å². The van der Waals surface area contributed by atoms with Crippen LogP contribution < -0.4 is 5.32 Å². The number of benzene rings is 1. The van der Waals surface area contributed by atoms with Crippen molar-refractivity contribution in [2.24, 2.45) is 0 Å². The SMILES string of the molecule is Fc1ccc(NCc2cn[nH]c2-c2cccnc2)c(Br)c1. The molecule has 1 aromatic carbocycles. The van der Waals surface area contributed by atoms with Gasteiger partial charge in [0.2, 0.25) is 0 Å². The molecule has 4 nitrogen and oxygen atoms in total. The van der Waals surface area contributed by atoms with Gasteiger partial charge in [0.1, 0.15) is 5.82 Å². The van der Waals surface area contributed by atoms with Gasteiger partial charge in [0.05, 0.1) is 11.9 Å². The normalized spacial score (nSPS) is 10.6. The zero-order chi connectivity index (χ0) is 14.7. The Balaban J connectivity index is 1.79. The van der Waals surface area contributed by atoms with Gasteiger partial charge >= 0.3 is 0 Å². The van der Waals surface area contributed by atoms with Gasteiger partial charge in [-0.25, -0.2) is 4.39 Å². The lowest BCUT2D eigenvalue weighted by Gasteiger charge is -2.09. The average molecular weight is 347 g/mol. The third-order valence-corrected chi connectivity index (χ3v) is 3.72. The first kappa shape index (κ1) is 13.8. The number of aromatic nitrogens is 3. The van der Waals surface area contributed by atoms with Gasteiger partial charge in [-0.05, 0) is 46.3 Å². The lowest BCUT2D eigenvalue weighted by molar-refractivity contribution is 0.627. The van der Waals surface area contributed by atoms with E-state index in [1.165, 1.54) is 12.1 Å². The Kier molecular flexibility index (Phi) is 3.96. The highest BCUT2D eigenvalue weighted by molar-refractivity contribution is 9.10. The third-order valence-electron chi connectivity index (χ3n) is 3.07. The van der Waals surface area contributed by atoms with Crippen LogP contribution in [0.4, 0.5) is 10.1 Å². The van der Waals surface area contributed by atoms with Crippen molar-refractivity contribution in [3.63, 3.8) is 0 Å². The summed E-state index contributed by atoms with van der Waals surface area (Å²) in [6.45, 7) is 0.574. The van der Waals surface area contributed by atoms with Crippen LogP contribution in [-0.4, -0.2) is 15.2 Å². The Morgan fingerprint density at radius 2 is 2.14 bits per heavy atom. The highest BCUT2D eigenvalue weighted by Crippen LogP contribution is 2.25. The zero-order valence-corrected chi connectivity index (χ0v) is 12.6. The van der Waals surface area contributed by atoms with Gasteiger partial charge in [-0.15, -0.1) is 0 Å². The molecule has 6 heteroatoms. The maximum atomic E-state index is 13.1. The van der Waals surface area contributed by atoms with E-state index in [0.29, 0.717) is 11.0 Å². The molecular weight excluding hydrogens is 335 g/mol. The Hall–Kier alpha value is -2.21. The Labute approximate surface area is 129 Å². The number of hydrogen-bond acceptors (Lipinski definition) is 3. The minimum Gasteiger partial charge on any atom is -0.380 e. The minimum atomic E-state index is -0.271. The zero-order valence-electron chi connectivity index (χ0n) is 11.0. The smallest absolute Gasteiger partial charge is 0.124 e. The van der Waals surface area contributed by atoms with Gasteiger partial charge < -0.3 is 5.32 Å². The second kappa shape index (κ2) is 6.05. The van der Waals surface area contributed by atoms with E-state index in [1.54, 1.807) is 24.7 Å². The van der Waals surface area contributed by atoms with Crippen molar-refractivity contribution in [1.29, 1.82) is 0 Å². The molecule has 0 aliphatic rings. The molecule has 21 heavy (non-hydrogen) atoms. The first-order valence-corrected chi connectivity index (χ1v) is 7.15. The molecule has 0 atom stereocenters. The topological polar surface area (TPSA) is 53.6 Å². The second-order valence-electron chi connectivity index (χ2n) is 4.49. The molecule has 0 unspecified atom stereocenters. The van der Waals surface area contributed by atoms with Crippen LogP contribution in [0.3, 0.4) is 0 Å². The number of hydrogen-bond donors (Lipinski definition) is 2. The number of rotatable bonds is 4. The highest BCUT2D eigenvalue weighted by Gasteiger charge is 2.08. The Morgan fingerprint density at radius 1 is 1.24 bits per heavy atom. The third kappa shape index (κ3) is 3.11. The van der Waals surface area contributed by atoms with Crippen molar-refractivity contribution >= 4 is 21.6 Å². The quantitative estimate of drug-likeness (QED) is 0.751. The summed E-state index contributed by atoms with van der Waals surface area (Å²) in [7, 11) is 0. The summed E-state index contributed by atoms with van der Waals surface area (Å²) in [5.41, 5.74) is 3.74. The van der Waals surface area contributed by atoms with Crippen molar-refractivity contribution in [2.75, 3.05) is 5.32 Å². The number of anilines is 1. The molecule has 0 spiro atoms. The number of nitrogens with one attached hydrogen (secondary N) is 2. The van der Waals surface area contributed by atoms with Crippen LogP contribution in [0, 0.1) is 5.82 Å².